The summed E-state index contributed by atoms with van der Waals surface area (Å²) in [7, 11) is 1.55. The zero-order valence-electron chi connectivity index (χ0n) is 19.3. The number of fused-ring (bicyclic) bond motifs is 2. The number of carbonyl (C=O) groups is 1. The van der Waals surface area contributed by atoms with Gasteiger partial charge >= 0.3 is 0 Å². The Morgan fingerprint density at radius 2 is 1.83 bits per heavy atom. The van der Waals surface area contributed by atoms with Gasteiger partial charge in [0.1, 0.15) is 18.8 Å². The quantitative estimate of drug-likeness (QED) is 0.391. The summed E-state index contributed by atoms with van der Waals surface area (Å²) in [6, 6.07) is 18.1. The first kappa shape index (κ1) is 22.1. The van der Waals surface area contributed by atoms with E-state index in [9.17, 15) is 9.59 Å². The summed E-state index contributed by atoms with van der Waals surface area (Å²) in [5.41, 5.74) is 2.45. The summed E-state index contributed by atoms with van der Waals surface area (Å²) in [6.45, 7) is 1.82. The molecule has 0 atom stereocenters. The van der Waals surface area contributed by atoms with Crippen molar-refractivity contribution in [3.05, 3.63) is 94.8 Å². The van der Waals surface area contributed by atoms with E-state index in [0.717, 1.165) is 16.7 Å². The van der Waals surface area contributed by atoms with Crippen LogP contribution in [0.3, 0.4) is 0 Å². The molecule has 176 valence electrons. The normalized spacial score (nSPS) is 11.0. The standard InChI is InChI=1S/C26H23N5O4/c1-17-20-7-3-4-8-21(20)26(33)31(29-17)15-25(32)28-18-10-11-22(34-2)23(13-18)35-16-19-14-30-12-6-5-9-24(30)27-19/h3-14H,15-16H2,1-2H3,(H,28,32). The van der Waals surface area contributed by atoms with Crippen LogP contribution in [-0.4, -0.2) is 32.2 Å². The number of aryl methyl sites for hydroxylation is 1. The molecule has 9 nitrogen and oxygen atoms in total. The van der Waals surface area contributed by atoms with Gasteiger partial charge in [-0.2, -0.15) is 5.10 Å². The van der Waals surface area contributed by atoms with Crippen LogP contribution < -0.4 is 20.3 Å². The van der Waals surface area contributed by atoms with E-state index in [0.29, 0.717) is 28.3 Å². The van der Waals surface area contributed by atoms with Crippen molar-refractivity contribution in [3.63, 3.8) is 0 Å². The minimum absolute atomic E-state index is 0.214. The molecule has 0 spiro atoms. The Bertz CT molecular complexity index is 1570. The van der Waals surface area contributed by atoms with Crippen molar-refractivity contribution in [2.45, 2.75) is 20.1 Å². The SMILES string of the molecule is COc1ccc(NC(=O)Cn2nc(C)c3ccccc3c2=O)cc1OCc1cn2ccccc2n1. The van der Waals surface area contributed by atoms with Crippen molar-refractivity contribution in [2.24, 2.45) is 0 Å². The summed E-state index contributed by atoms with van der Waals surface area (Å²) >= 11 is 0. The number of anilines is 1. The van der Waals surface area contributed by atoms with Gasteiger partial charge in [0.2, 0.25) is 5.91 Å². The Kier molecular flexibility index (Phi) is 5.88. The number of nitrogens with zero attached hydrogens (tertiary/aromatic N) is 4. The summed E-state index contributed by atoms with van der Waals surface area (Å²) < 4.78 is 14.4. The molecular weight excluding hydrogens is 446 g/mol. The van der Waals surface area contributed by atoms with Crippen LogP contribution in [0.4, 0.5) is 5.69 Å². The smallest absolute Gasteiger partial charge is 0.275 e. The van der Waals surface area contributed by atoms with Crippen LogP contribution in [0.5, 0.6) is 11.5 Å². The number of hydrogen-bond acceptors (Lipinski definition) is 6. The van der Waals surface area contributed by atoms with Crippen LogP contribution in [0.2, 0.25) is 0 Å². The first-order valence-corrected chi connectivity index (χ1v) is 11.0. The number of nitrogens with one attached hydrogen (secondary N) is 1. The molecule has 0 saturated heterocycles. The molecule has 2 aromatic carbocycles. The topological polar surface area (TPSA) is 99.8 Å². The van der Waals surface area contributed by atoms with E-state index in [2.05, 4.69) is 15.4 Å². The van der Waals surface area contributed by atoms with Crippen molar-refractivity contribution < 1.29 is 14.3 Å². The molecule has 0 saturated carbocycles. The highest BCUT2D eigenvalue weighted by Crippen LogP contribution is 2.31. The van der Waals surface area contributed by atoms with Crippen molar-refractivity contribution in [3.8, 4) is 11.5 Å². The van der Waals surface area contributed by atoms with E-state index in [4.69, 9.17) is 9.47 Å². The lowest BCUT2D eigenvalue weighted by Gasteiger charge is -2.13. The first-order chi connectivity index (χ1) is 17.0. The summed E-state index contributed by atoms with van der Waals surface area (Å²) in [5.74, 6) is 0.597. The van der Waals surface area contributed by atoms with Crippen LogP contribution in [0.15, 0.2) is 77.9 Å². The number of rotatable bonds is 7. The summed E-state index contributed by atoms with van der Waals surface area (Å²) in [6.07, 6.45) is 3.81. The third kappa shape index (κ3) is 4.56. The van der Waals surface area contributed by atoms with Crippen molar-refractivity contribution in [1.29, 1.82) is 0 Å². The Hall–Kier alpha value is -4.66. The average Bonchev–Trinajstić information content (AvgIpc) is 3.29. The molecule has 3 heterocycles. The number of benzene rings is 2. The number of ether oxygens (including phenoxy) is 2. The third-order valence-electron chi connectivity index (χ3n) is 5.58. The summed E-state index contributed by atoms with van der Waals surface area (Å²) in [4.78, 5) is 30.0. The second-order valence-electron chi connectivity index (χ2n) is 7.99. The number of methoxy groups -OCH3 is 1. The highest BCUT2D eigenvalue weighted by Gasteiger charge is 2.13. The van der Waals surface area contributed by atoms with E-state index < -0.39 is 0 Å². The van der Waals surface area contributed by atoms with Crippen LogP contribution in [-0.2, 0) is 17.9 Å². The highest BCUT2D eigenvalue weighted by molar-refractivity contribution is 5.91. The molecule has 5 rings (SSSR count). The first-order valence-electron chi connectivity index (χ1n) is 11.0. The second kappa shape index (κ2) is 9.30. The van der Waals surface area contributed by atoms with Crippen LogP contribution in [0.25, 0.3) is 16.4 Å². The lowest BCUT2D eigenvalue weighted by Crippen LogP contribution is -2.30. The fourth-order valence-corrected chi connectivity index (χ4v) is 3.92. The van der Waals surface area contributed by atoms with E-state index in [1.807, 2.05) is 54.0 Å². The molecule has 0 aliphatic carbocycles. The lowest BCUT2D eigenvalue weighted by atomic mass is 10.1. The molecule has 0 aliphatic rings. The van der Waals surface area contributed by atoms with Crippen molar-refractivity contribution in [2.75, 3.05) is 12.4 Å². The van der Waals surface area contributed by atoms with Gasteiger partial charge < -0.3 is 19.2 Å². The molecule has 3 aromatic heterocycles. The maximum absolute atomic E-state index is 12.8. The number of aromatic nitrogens is 4. The lowest BCUT2D eigenvalue weighted by molar-refractivity contribution is -0.117. The molecular formula is C26H23N5O4. The predicted molar refractivity (Wildman–Crippen MR) is 132 cm³/mol. The van der Waals surface area contributed by atoms with Crippen molar-refractivity contribution in [1.82, 2.24) is 19.2 Å². The van der Waals surface area contributed by atoms with Gasteiger partial charge in [-0.25, -0.2) is 9.67 Å². The predicted octanol–water partition coefficient (Wildman–Crippen LogP) is 3.58. The minimum atomic E-state index is -0.384. The Balaban J connectivity index is 1.32. The van der Waals surface area contributed by atoms with E-state index in [1.165, 1.54) is 4.68 Å². The highest BCUT2D eigenvalue weighted by atomic mass is 16.5. The zero-order chi connectivity index (χ0) is 24.4. The molecule has 0 bridgehead atoms. The Labute approximate surface area is 200 Å². The van der Waals surface area contributed by atoms with Gasteiger partial charge in [-0.1, -0.05) is 24.3 Å². The van der Waals surface area contributed by atoms with Gasteiger partial charge in [0.05, 0.1) is 23.9 Å². The number of hydrogen-bond donors (Lipinski definition) is 1. The Morgan fingerprint density at radius 1 is 1.03 bits per heavy atom. The summed E-state index contributed by atoms with van der Waals surface area (Å²) in [5, 5.41) is 8.40. The van der Waals surface area contributed by atoms with Gasteiger partial charge in [-0.15, -0.1) is 0 Å². The van der Waals surface area contributed by atoms with E-state index in [-0.39, 0.29) is 24.6 Å². The van der Waals surface area contributed by atoms with Crippen LogP contribution >= 0.6 is 0 Å². The van der Waals surface area contributed by atoms with Crippen LogP contribution in [0, 0.1) is 6.92 Å². The molecule has 0 aliphatic heterocycles. The van der Waals surface area contributed by atoms with E-state index >= 15 is 0 Å². The van der Waals surface area contributed by atoms with Gasteiger partial charge in [-0.3, -0.25) is 9.59 Å². The molecule has 1 amide bonds. The third-order valence-corrected chi connectivity index (χ3v) is 5.58. The van der Waals surface area contributed by atoms with E-state index in [1.54, 1.807) is 37.4 Å². The number of carbonyl (C=O) groups excluding carboxylic acids is 1. The molecule has 0 unspecified atom stereocenters. The largest absolute Gasteiger partial charge is 0.493 e. The van der Waals surface area contributed by atoms with Gasteiger partial charge in [0.15, 0.2) is 11.5 Å². The van der Waals surface area contributed by atoms with Crippen molar-refractivity contribution >= 4 is 28.0 Å². The maximum Gasteiger partial charge on any atom is 0.275 e. The second-order valence-corrected chi connectivity index (χ2v) is 7.99. The number of amides is 1. The minimum Gasteiger partial charge on any atom is -0.493 e. The fourth-order valence-electron chi connectivity index (χ4n) is 3.92. The number of pyridine rings is 1. The molecule has 9 heteroatoms. The molecule has 35 heavy (non-hydrogen) atoms. The van der Waals surface area contributed by atoms with Gasteiger partial charge in [0.25, 0.3) is 5.56 Å². The number of imidazole rings is 1. The molecule has 1 N–H and O–H groups in total. The molecule has 0 radical (unpaired) electrons. The molecule has 5 aromatic rings. The molecule has 0 fully saturated rings. The zero-order valence-corrected chi connectivity index (χ0v) is 19.3. The van der Waals surface area contributed by atoms with Gasteiger partial charge in [-0.05, 0) is 37.3 Å². The fraction of sp³-hybridized carbons (Fsp3) is 0.154. The van der Waals surface area contributed by atoms with Gasteiger partial charge in [0, 0.05) is 29.5 Å². The maximum atomic E-state index is 12.8. The van der Waals surface area contributed by atoms with Crippen LogP contribution in [0.1, 0.15) is 11.4 Å². The Morgan fingerprint density at radius 3 is 2.63 bits per heavy atom. The monoisotopic (exact) mass is 469 g/mol. The average molecular weight is 470 g/mol.